The lowest BCUT2D eigenvalue weighted by molar-refractivity contribution is 0.100. The van der Waals surface area contributed by atoms with Crippen LogP contribution in [0.1, 0.15) is 29.3 Å². The van der Waals surface area contributed by atoms with Gasteiger partial charge in [0, 0.05) is 28.9 Å². The summed E-state index contributed by atoms with van der Waals surface area (Å²) in [7, 11) is 0. The first-order valence-corrected chi connectivity index (χ1v) is 9.49. The number of hydrogen-bond acceptors (Lipinski definition) is 3. The van der Waals surface area contributed by atoms with E-state index in [4.69, 9.17) is 4.99 Å². The van der Waals surface area contributed by atoms with E-state index in [1.54, 1.807) is 0 Å². The van der Waals surface area contributed by atoms with Gasteiger partial charge in [-0.25, -0.2) is 0 Å². The summed E-state index contributed by atoms with van der Waals surface area (Å²) in [6.45, 7) is 3.99. The van der Waals surface area contributed by atoms with Gasteiger partial charge in [-0.05, 0) is 60.3 Å². The van der Waals surface area contributed by atoms with Gasteiger partial charge in [-0.3, -0.25) is 9.79 Å². The smallest absolute Gasteiger partial charge is 0.171 e. The van der Waals surface area contributed by atoms with Crippen molar-refractivity contribution in [2.45, 2.75) is 20.3 Å². The van der Waals surface area contributed by atoms with Gasteiger partial charge in [0.15, 0.2) is 5.78 Å². The van der Waals surface area contributed by atoms with Crippen molar-refractivity contribution in [2.75, 3.05) is 5.32 Å². The van der Waals surface area contributed by atoms with Crippen LogP contribution in [0, 0.1) is 6.92 Å². The summed E-state index contributed by atoms with van der Waals surface area (Å²) < 4.78 is 0. The largest absolute Gasteiger partial charge is 0.355 e. The second kappa shape index (κ2) is 6.31. The van der Waals surface area contributed by atoms with E-state index >= 15 is 0 Å². The fourth-order valence-corrected chi connectivity index (χ4v) is 3.94. The van der Waals surface area contributed by atoms with E-state index in [0.717, 1.165) is 49.9 Å². The molecule has 1 N–H and O–H groups in total. The predicted octanol–water partition coefficient (Wildman–Crippen LogP) is 6.72. The predicted molar refractivity (Wildman–Crippen MR) is 118 cm³/mol. The summed E-state index contributed by atoms with van der Waals surface area (Å²) in [4.78, 5) is 17.6. The summed E-state index contributed by atoms with van der Waals surface area (Å²) in [5, 5.41) is 7.83. The number of aliphatic imine (C=N–C) groups is 1. The molecule has 0 fully saturated rings. The molecule has 5 rings (SSSR count). The molecule has 0 saturated carbocycles. The number of Topliss-reactive ketones (excluding diaryl/α,β-unsaturated/α-hetero) is 1. The van der Waals surface area contributed by atoms with Crippen molar-refractivity contribution in [1.29, 1.82) is 0 Å². The molecular formula is C25H20N2O. The summed E-state index contributed by atoms with van der Waals surface area (Å²) in [6.07, 6.45) is 0.389. The van der Waals surface area contributed by atoms with Crippen molar-refractivity contribution >= 4 is 50.1 Å². The molecule has 0 unspecified atom stereocenters. The Kier molecular flexibility index (Phi) is 3.76. The van der Waals surface area contributed by atoms with Crippen LogP contribution in [-0.2, 0) is 0 Å². The molecule has 3 heteroatoms. The molecule has 0 spiro atoms. The molecule has 1 aliphatic heterocycles. The third kappa shape index (κ3) is 2.76. The van der Waals surface area contributed by atoms with E-state index in [-0.39, 0.29) is 5.78 Å². The quantitative estimate of drug-likeness (QED) is 0.401. The van der Waals surface area contributed by atoms with Crippen LogP contribution in [0.3, 0.4) is 0 Å². The standard InChI is InChI=1S/C25H20N2O/c1-15-7-9-19(10-8-15)27-22-14-23-25(24(28)11-16(2)26-23)21-13-18-6-4-3-5-17(18)12-20(21)22/h3-10,12-14,27H,11H2,1-2H3. The first-order valence-electron chi connectivity index (χ1n) is 9.49. The van der Waals surface area contributed by atoms with Gasteiger partial charge in [0.1, 0.15) is 0 Å². The molecule has 4 aromatic rings. The molecule has 0 saturated heterocycles. The highest BCUT2D eigenvalue weighted by Crippen LogP contribution is 2.40. The van der Waals surface area contributed by atoms with E-state index in [0.29, 0.717) is 6.42 Å². The summed E-state index contributed by atoms with van der Waals surface area (Å²) in [6, 6.07) is 22.9. The number of rotatable bonds is 2. The van der Waals surface area contributed by atoms with Crippen LogP contribution in [0.15, 0.2) is 71.7 Å². The van der Waals surface area contributed by atoms with Crippen molar-refractivity contribution in [3.63, 3.8) is 0 Å². The Hall–Kier alpha value is -3.46. The molecule has 0 radical (unpaired) electrons. The highest BCUT2D eigenvalue weighted by Gasteiger charge is 2.23. The normalized spacial score (nSPS) is 13.5. The number of aryl methyl sites for hydroxylation is 1. The maximum absolute atomic E-state index is 12.9. The minimum absolute atomic E-state index is 0.143. The van der Waals surface area contributed by atoms with Gasteiger partial charge >= 0.3 is 0 Å². The highest BCUT2D eigenvalue weighted by atomic mass is 16.1. The number of ketones is 1. The first kappa shape index (κ1) is 16.7. The van der Waals surface area contributed by atoms with Crippen LogP contribution in [0.2, 0.25) is 0 Å². The van der Waals surface area contributed by atoms with E-state index in [9.17, 15) is 4.79 Å². The zero-order valence-corrected chi connectivity index (χ0v) is 15.9. The Morgan fingerprint density at radius 1 is 0.857 bits per heavy atom. The Morgan fingerprint density at radius 3 is 2.25 bits per heavy atom. The second-order valence-electron chi connectivity index (χ2n) is 7.50. The van der Waals surface area contributed by atoms with E-state index in [1.165, 1.54) is 5.56 Å². The SMILES string of the molecule is CC1=Nc2cc(Nc3ccc(C)cc3)c3cc4ccccc4cc3c2C(=O)C1. The van der Waals surface area contributed by atoms with Gasteiger partial charge in [0.25, 0.3) is 0 Å². The number of nitrogens with one attached hydrogen (secondary N) is 1. The maximum Gasteiger partial charge on any atom is 0.171 e. The Bertz CT molecular complexity index is 1280. The Labute approximate surface area is 163 Å². The van der Waals surface area contributed by atoms with Crippen molar-refractivity contribution in [3.8, 4) is 0 Å². The fourth-order valence-electron chi connectivity index (χ4n) is 3.94. The van der Waals surface area contributed by atoms with Gasteiger partial charge in [0.2, 0.25) is 0 Å². The summed E-state index contributed by atoms with van der Waals surface area (Å²) in [5.41, 5.74) is 5.56. The molecule has 1 heterocycles. The number of fused-ring (bicyclic) bond motifs is 4. The van der Waals surface area contributed by atoms with E-state index in [1.807, 2.05) is 25.1 Å². The third-order valence-corrected chi connectivity index (χ3v) is 5.32. The number of nitrogens with zero attached hydrogens (tertiary/aromatic N) is 1. The number of carbonyl (C=O) groups is 1. The topological polar surface area (TPSA) is 41.5 Å². The number of anilines is 2. The van der Waals surface area contributed by atoms with Crippen molar-refractivity contribution in [3.05, 3.63) is 77.9 Å². The molecule has 0 amide bonds. The Balaban J connectivity index is 1.81. The molecule has 136 valence electrons. The maximum atomic E-state index is 12.9. The van der Waals surface area contributed by atoms with Gasteiger partial charge in [-0.1, -0.05) is 42.0 Å². The van der Waals surface area contributed by atoms with Crippen LogP contribution in [0.5, 0.6) is 0 Å². The van der Waals surface area contributed by atoms with Gasteiger partial charge in [-0.15, -0.1) is 0 Å². The lowest BCUT2D eigenvalue weighted by atomic mass is 9.91. The van der Waals surface area contributed by atoms with Crippen LogP contribution in [0.25, 0.3) is 21.5 Å². The zero-order valence-electron chi connectivity index (χ0n) is 15.9. The molecule has 28 heavy (non-hydrogen) atoms. The van der Waals surface area contributed by atoms with Crippen LogP contribution in [0.4, 0.5) is 17.1 Å². The monoisotopic (exact) mass is 364 g/mol. The molecule has 0 aromatic heterocycles. The fraction of sp³-hybridized carbons (Fsp3) is 0.120. The zero-order chi connectivity index (χ0) is 19.3. The molecule has 1 aliphatic rings. The third-order valence-electron chi connectivity index (χ3n) is 5.32. The minimum Gasteiger partial charge on any atom is -0.355 e. The molecule has 4 aromatic carbocycles. The molecule has 0 aliphatic carbocycles. The van der Waals surface area contributed by atoms with Gasteiger partial charge in [-0.2, -0.15) is 0 Å². The summed E-state index contributed by atoms with van der Waals surface area (Å²) >= 11 is 0. The highest BCUT2D eigenvalue weighted by molar-refractivity contribution is 6.24. The number of hydrogen-bond donors (Lipinski definition) is 1. The van der Waals surface area contributed by atoms with E-state index < -0.39 is 0 Å². The van der Waals surface area contributed by atoms with Crippen LogP contribution < -0.4 is 5.32 Å². The van der Waals surface area contributed by atoms with E-state index in [2.05, 4.69) is 60.8 Å². The average Bonchev–Trinajstić information content (AvgIpc) is 2.68. The van der Waals surface area contributed by atoms with Crippen molar-refractivity contribution < 1.29 is 4.79 Å². The first-order chi connectivity index (χ1) is 13.6. The number of benzene rings is 4. The molecule has 3 nitrogen and oxygen atoms in total. The average molecular weight is 364 g/mol. The minimum atomic E-state index is 0.143. The number of carbonyl (C=O) groups excluding carboxylic acids is 1. The molecular weight excluding hydrogens is 344 g/mol. The second-order valence-corrected chi connectivity index (χ2v) is 7.50. The van der Waals surface area contributed by atoms with Gasteiger partial charge in [0.05, 0.1) is 11.3 Å². The lowest BCUT2D eigenvalue weighted by Crippen LogP contribution is -2.11. The van der Waals surface area contributed by atoms with Crippen molar-refractivity contribution in [2.24, 2.45) is 4.99 Å². The Morgan fingerprint density at radius 2 is 1.54 bits per heavy atom. The van der Waals surface area contributed by atoms with Crippen LogP contribution >= 0.6 is 0 Å². The molecule has 0 bridgehead atoms. The van der Waals surface area contributed by atoms with Crippen molar-refractivity contribution in [1.82, 2.24) is 0 Å². The van der Waals surface area contributed by atoms with Gasteiger partial charge < -0.3 is 5.32 Å². The summed E-state index contributed by atoms with van der Waals surface area (Å²) in [5.74, 6) is 0.143. The van der Waals surface area contributed by atoms with Crippen LogP contribution in [-0.4, -0.2) is 11.5 Å². The lowest BCUT2D eigenvalue weighted by Gasteiger charge is -2.19. The molecule has 0 atom stereocenters.